The first-order valence-electron chi connectivity index (χ1n) is 43.5. The van der Waals surface area contributed by atoms with E-state index in [-0.39, 0.29) is 45.3 Å². The van der Waals surface area contributed by atoms with Gasteiger partial charge in [0.15, 0.2) is 45.5 Å². The van der Waals surface area contributed by atoms with Crippen molar-refractivity contribution in [3.8, 4) is 23.0 Å². The lowest BCUT2D eigenvalue weighted by molar-refractivity contribution is -0.184. The van der Waals surface area contributed by atoms with Gasteiger partial charge in [-0.2, -0.15) is 0 Å². The van der Waals surface area contributed by atoms with Crippen molar-refractivity contribution in [2.75, 3.05) is 56.4 Å². The molecular formula is C96H108N8O34. The molecule has 736 valence electrons. The summed E-state index contributed by atoms with van der Waals surface area (Å²) in [6.07, 6.45) is -5.99. The molecule has 0 aliphatic heterocycles. The Morgan fingerprint density at radius 2 is 0.551 bits per heavy atom. The van der Waals surface area contributed by atoms with Crippen molar-refractivity contribution < 1.29 is 169 Å². The number of Topliss-reactive ketones (excluding diaryl/α,β-unsaturated/α-hetero) is 8. The number of amides is 4. The molecule has 42 heteroatoms. The normalized spacial score (nSPS) is 32.7. The molecule has 0 bridgehead atoms. The predicted molar refractivity (Wildman–Crippen MR) is 479 cm³/mol. The van der Waals surface area contributed by atoms with Crippen molar-refractivity contribution in [3.05, 3.63) is 183 Å². The van der Waals surface area contributed by atoms with Crippen molar-refractivity contribution in [2.45, 2.75) is 164 Å². The maximum absolute atomic E-state index is 14.0. The highest BCUT2D eigenvalue weighted by molar-refractivity contribution is 6.28. The summed E-state index contributed by atoms with van der Waals surface area (Å²) in [5, 5.41) is 200. The van der Waals surface area contributed by atoms with Gasteiger partial charge in [-0.05, 0) is 164 Å². The highest BCUT2D eigenvalue weighted by atomic mass is 16.6. The monoisotopic (exact) mass is 1920 g/mol. The van der Waals surface area contributed by atoms with Crippen LogP contribution in [0.2, 0.25) is 0 Å². The zero-order valence-electron chi connectivity index (χ0n) is 77.8. The molecule has 4 aromatic carbocycles. The van der Waals surface area contributed by atoms with E-state index in [1.54, 1.807) is 91.8 Å². The number of ether oxygens (including phenoxy) is 2. The first-order chi connectivity index (χ1) is 63.9. The molecule has 138 heavy (non-hydrogen) atoms. The molecule has 24 atom stereocenters. The molecule has 4 amide bonds. The number of rotatable bonds is 10. The standard InChI is InChI=1S/2C25H28N2O9.2C23H26N2O8/c1-8-6-7-11(29)14-12(8)9(2)13-15(19(14)30)22(32)25(35)17(21(13)36-10(3)28)18(27(4)5)20(31)16(23(25)33)24(26)34;1-8-6-7-11-9(2)12-14(19(30)13(11)18(8)29)22(32)25(35)16(21(12)36-10(3)28)17(27(4)5)20(31)15(23(25)33)24(26)34;1-7-5-6-9(26)12-10(7)8(2)11-13(17(12)27)20(30)23(33)15(18(11)28)16(25(3)4)19(29)14(21(23)31)22(24)32;1-7-5-6-9-8(2)10-12(17(27)11(9)16(7)26)20(30)23(33)14(18(10)28)15(25(3)4)19(29)13(21(23)31)22(24)32/h6-7,9,13,17-18,21,29-30,33,35H,1-5H3,(H2,26,34);6-7,9,12,16-17,21,29-30,33,35H,1-5H3,(H2,26,34);5-6,8,11,15-16,18,26-28,31,33H,1-4H3,(H2,24,32);5-6,8,10,14-15,18,26-28,31,33H,1-4H3,(H2,24,32)/t9-,13?,17?,18-,21-,25-;9-,12?,16?,17-,21-,25-;8-,11?,15?,16-,18-,23-;8-,10?,14?,15-,18-,23-/m0000/s1. The van der Waals surface area contributed by atoms with Crippen molar-refractivity contribution in [1.29, 1.82) is 0 Å². The molecular weight excluding hydrogens is 1810 g/mol. The third kappa shape index (κ3) is 14.0. The molecule has 12 aliphatic rings. The van der Waals surface area contributed by atoms with Crippen LogP contribution in [0.25, 0.3) is 23.0 Å². The van der Waals surface area contributed by atoms with Crippen LogP contribution in [0, 0.1) is 75.0 Å². The second-order valence-corrected chi connectivity index (χ2v) is 38.1. The average Bonchev–Trinajstić information content (AvgIpc) is 0.694. The van der Waals surface area contributed by atoms with Crippen molar-refractivity contribution >= 4 is 105 Å². The van der Waals surface area contributed by atoms with Gasteiger partial charge in [-0.3, -0.25) is 86.7 Å². The lowest BCUT2D eigenvalue weighted by Gasteiger charge is -2.54. The van der Waals surface area contributed by atoms with E-state index in [0.29, 0.717) is 44.5 Å². The SMILES string of the molecule is CC(=O)O[C@H]1C2C(=C(O)c3c(O)ccc(C)c3[C@@H]2C)C(=O)[C@]2(O)C(O)=C(C(N)=O)C(=O)[C@@H](N(C)C)C12.CC(=O)O[C@H]1C2C(=C(O)c3c(ccc(C)c3O)[C@@H]2C)C(=O)[C@]2(O)C(O)=C(C(N)=O)C(=O)[C@@H](N(C)C)C12.Cc1ccc(O)c2c1[C@H](C)C1C(=C2O)C(=O)[C@]2(O)C(O)=C(C(N)=O)C(=O)[C@@H](N(C)C)C2[C@H]1O.Cc1ccc2c(c1O)C(O)=C1C(=O)[C@]3(O)C(O)=C(C(N)=O)C(=O)[C@@H](N(C)C)C3[C@@H](O)C1[C@H]2C. The molecule has 42 nitrogen and oxygen atoms in total. The van der Waals surface area contributed by atoms with Crippen LogP contribution in [-0.2, 0) is 76.6 Å². The lowest BCUT2D eigenvalue weighted by atomic mass is 9.54. The van der Waals surface area contributed by atoms with Crippen LogP contribution in [0.5, 0.6) is 23.0 Å². The zero-order chi connectivity index (χ0) is 103. The summed E-state index contributed by atoms with van der Waals surface area (Å²) < 4.78 is 11.2. The molecule has 16 rings (SSSR count). The maximum atomic E-state index is 14.0. The number of likely N-dealkylation sites (N-methyl/N-ethyl adjacent to an activating group) is 4. The smallest absolute Gasteiger partial charge is 0.302 e. The predicted octanol–water partition coefficient (Wildman–Crippen LogP) is 0.358. The number of primary amides is 4. The minimum atomic E-state index is -2.94. The van der Waals surface area contributed by atoms with E-state index in [9.17, 15) is 159 Å². The highest BCUT2D eigenvalue weighted by Gasteiger charge is 2.75. The van der Waals surface area contributed by atoms with Gasteiger partial charge in [0.05, 0.1) is 82.3 Å². The molecule has 0 heterocycles. The fourth-order valence-corrected chi connectivity index (χ4v) is 23.9. The molecule has 4 saturated carbocycles. The second-order valence-electron chi connectivity index (χ2n) is 38.1. The van der Waals surface area contributed by atoms with E-state index in [4.69, 9.17) is 32.4 Å². The molecule has 4 aromatic rings. The number of fused-ring (bicyclic) bond motifs is 12. The number of aliphatic hydroxyl groups is 14. The first-order valence-corrected chi connectivity index (χ1v) is 43.5. The van der Waals surface area contributed by atoms with Gasteiger partial charge in [-0.25, -0.2) is 0 Å². The van der Waals surface area contributed by atoms with Gasteiger partial charge in [0, 0.05) is 59.8 Å². The van der Waals surface area contributed by atoms with Gasteiger partial charge < -0.3 is 124 Å². The molecule has 8 unspecified atom stereocenters. The Hall–Kier alpha value is -13.8. The van der Waals surface area contributed by atoms with E-state index < -0.39 is 314 Å². The number of aromatic hydroxyl groups is 4. The van der Waals surface area contributed by atoms with Gasteiger partial charge in [-0.15, -0.1) is 0 Å². The molecule has 12 aliphatic carbocycles. The van der Waals surface area contributed by atoms with Crippen LogP contribution in [0.3, 0.4) is 0 Å². The van der Waals surface area contributed by atoms with Crippen LogP contribution in [-0.4, -0.2) is 321 Å². The number of ketones is 8. The van der Waals surface area contributed by atoms with E-state index >= 15 is 0 Å². The number of aryl methyl sites for hydroxylation is 4. The fourth-order valence-electron chi connectivity index (χ4n) is 23.9. The van der Waals surface area contributed by atoms with Crippen LogP contribution in [0.1, 0.15) is 132 Å². The summed E-state index contributed by atoms with van der Waals surface area (Å²) in [6.45, 7) is 15.7. The Balaban J connectivity index is 0.000000155. The van der Waals surface area contributed by atoms with Gasteiger partial charge in [0.2, 0.25) is 23.1 Å². The summed E-state index contributed by atoms with van der Waals surface area (Å²) in [6, 6.07) is 7.03. The quantitative estimate of drug-likeness (QED) is 0.0753. The Kier molecular flexibility index (Phi) is 25.6. The third-order valence-electron chi connectivity index (χ3n) is 29.9. The Morgan fingerprint density at radius 3 is 0.819 bits per heavy atom. The number of nitrogens with two attached hydrogens (primary N) is 4. The Labute approximate surface area is 785 Å². The maximum Gasteiger partial charge on any atom is 0.302 e. The first kappa shape index (κ1) is 102. The second kappa shape index (κ2) is 34.7. The molecule has 0 radical (unpaired) electrons. The number of carbonyl (C=O) groups excluding carboxylic acids is 14. The number of benzene rings is 4. The fraction of sp³-hybridized carbons (Fsp3) is 0.438. The van der Waals surface area contributed by atoms with E-state index in [0.717, 1.165) is 13.8 Å². The lowest BCUT2D eigenvalue weighted by Crippen LogP contribution is -2.71. The van der Waals surface area contributed by atoms with Crippen molar-refractivity contribution in [1.82, 2.24) is 19.6 Å². The highest BCUT2D eigenvalue weighted by Crippen LogP contribution is 2.63. The number of phenolic OH excluding ortho intramolecular Hbond substituents is 4. The number of phenols is 4. The zero-order valence-corrected chi connectivity index (χ0v) is 77.8. The number of carbonyl (C=O) groups is 14. The van der Waals surface area contributed by atoms with Crippen molar-refractivity contribution in [2.24, 2.45) is 70.3 Å². The number of hydrogen-bond donors (Lipinski definition) is 22. The van der Waals surface area contributed by atoms with E-state index in [1.165, 1.54) is 88.1 Å². The van der Waals surface area contributed by atoms with Crippen LogP contribution in [0.15, 0.2) is 116 Å². The average molecular weight is 1920 g/mol. The van der Waals surface area contributed by atoms with Gasteiger partial charge in [0.25, 0.3) is 23.6 Å². The number of esters is 2. The Bertz CT molecular complexity index is 6350. The van der Waals surface area contributed by atoms with Gasteiger partial charge in [-0.1, -0.05) is 64.1 Å². The van der Waals surface area contributed by atoms with Crippen molar-refractivity contribution in [3.63, 3.8) is 0 Å². The topological polar surface area (TPSA) is 739 Å². The number of aliphatic hydroxyl groups excluding tert-OH is 10. The largest absolute Gasteiger partial charge is 0.508 e. The number of hydrogen-bond acceptors (Lipinski definition) is 38. The summed E-state index contributed by atoms with van der Waals surface area (Å²) in [5.74, 6) is -37.2. The molecule has 0 saturated heterocycles. The summed E-state index contributed by atoms with van der Waals surface area (Å²) in [7, 11) is 11.7. The minimum absolute atomic E-state index is 0.00834. The Morgan fingerprint density at radius 1 is 0.326 bits per heavy atom. The summed E-state index contributed by atoms with van der Waals surface area (Å²) in [5.41, 5.74) is 8.26. The molecule has 0 aromatic heterocycles. The minimum Gasteiger partial charge on any atom is -0.508 e. The third-order valence-corrected chi connectivity index (χ3v) is 29.9. The molecule has 4 fully saturated rings. The molecule has 0 spiro atoms. The van der Waals surface area contributed by atoms with Gasteiger partial charge >= 0.3 is 11.9 Å². The van der Waals surface area contributed by atoms with E-state index in [2.05, 4.69) is 0 Å². The van der Waals surface area contributed by atoms with E-state index in [1.807, 2.05) is 0 Å². The summed E-state index contributed by atoms with van der Waals surface area (Å²) >= 11 is 0. The van der Waals surface area contributed by atoms with Crippen LogP contribution in [0.4, 0.5) is 0 Å². The summed E-state index contributed by atoms with van der Waals surface area (Å²) in [4.78, 5) is 186. The number of nitrogens with zero attached hydrogens (tertiary/aromatic N) is 4. The molecule has 26 N–H and O–H groups in total. The van der Waals surface area contributed by atoms with Gasteiger partial charge in [0.1, 0.15) is 104 Å². The van der Waals surface area contributed by atoms with Crippen LogP contribution >= 0.6 is 0 Å². The van der Waals surface area contributed by atoms with Crippen LogP contribution < -0.4 is 22.9 Å².